The molecule has 0 unspecified atom stereocenters. The predicted octanol–water partition coefficient (Wildman–Crippen LogP) is -2.19. The van der Waals surface area contributed by atoms with E-state index >= 15 is 0 Å². The number of imide groups is 1. The highest BCUT2D eigenvalue weighted by molar-refractivity contribution is 5.96. The number of carbonyl (C=O) groups excluding carboxylic acids is 2. The Kier molecular flexibility index (Phi) is 5.91. The number of rotatable bonds is 4. The molecule has 0 radical (unpaired) electrons. The van der Waals surface area contributed by atoms with E-state index in [9.17, 15) is 9.59 Å². The van der Waals surface area contributed by atoms with Crippen LogP contribution in [0, 0.1) is 0 Å². The molecule has 4 N–H and O–H groups in total. The highest BCUT2D eigenvalue weighted by Crippen LogP contribution is 1.95. The average Bonchev–Trinajstić information content (AvgIpc) is 2.55. The Hall–Kier alpha value is -1.92. The topological polar surface area (TPSA) is 67.1 Å². The van der Waals surface area contributed by atoms with E-state index in [1.165, 1.54) is 17.5 Å². The van der Waals surface area contributed by atoms with E-state index in [1.807, 2.05) is 13.0 Å². The van der Waals surface area contributed by atoms with Gasteiger partial charge in [-0.1, -0.05) is 30.3 Å². The van der Waals surface area contributed by atoms with E-state index in [-0.39, 0.29) is 11.9 Å². The number of amides is 3. The van der Waals surface area contributed by atoms with E-state index in [4.69, 9.17) is 0 Å². The molecule has 6 nitrogen and oxygen atoms in total. The smallest absolute Gasteiger partial charge is 0.321 e. The van der Waals surface area contributed by atoms with Crippen molar-refractivity contribution in [2.45, 2.75) is 19.5 Å². The molecule has 0 aromatic heterocycles. The monoisotopic (exact) mass is 306 g/mol. The van der Waals surface area contributed by atoms with Gasteiger partial charge in [0.2, 0.25) is 0 Å². The van der Waals surface area contributed by atoms with Crippen LogP contribution in [0.1, 0.15) is 12.5 Å². The molecule has 120 valence electrons. The Morgan fingerprint density at radius 2 is 1.77 bits per heavy atom. The second-order valence-electron chi connectivity index (χ2n) is 5.86. The van der Waals surface area contributed by atoms with Crippen LogP contribution in [0.2, 0.25) is 0 Å². The first-order valence-corrected chi connectivity index (χ1v) is 7.84. The maximum absolute atomic E-state index is 12.0. The van der Waals surface area contributed by atoms with Gasteiger partial charge >= 0.3 is 6.03 Å². The van der Waals surface area contributed by atoms with Gasteiger partial charge in [-0.15, -0.1) is 0 Å². The van der Waals surface area contributed by atoms with Gasteiger partial charge in [0.05, 0.1) is 0 Å². The molecule has 1 atom stereocenters. The summed E-state index contributed by atoms with van der Waals surface area (Å²) in [6.45, 7) is 6.90. The first kappa shape index (κ1) is 16.5. The fraction of sp³-hybridized carbons (Fsp3) is 0.500. The van der Waals surface area contributed by atoms with Crippen molar-refractivity contribution in [2.24, 2.45) is 0 Å². The molecule has 0 spiro atoms. The summed E-state index contributed by atoms with van der Waals surface area (Å²) in [5.74, 6) is -0.208. The molecule has 0 aliphatic carbocycles. The molecule has 1 aromatic carbocycles. The molecule has 0 saturated carbocycles. The molecular weight excluding hydrogens is 280 g/mol. The Balaban J connectivity index is 1.79. The van der Waals surface area contributed by atoms with Crippen LogP contribution in [-0.2, 0) is 11.3 Å². The molecule has 0 bridgehead atoms. The largest absolute Gasteiger partial charge is 0.341 e. The van der Waals surface area contributed by atoms with Crippen LogP contribution in [0.5, 0.6) is 0 Å². The van der Waals surface area contributed by atoms with Crippen LogP contribution in [0.4, 0.5) is 4.79 Å². The third-order valence-corrected chi connectivity index (χ3v) is 4.37. The third-order valence-electron chi connectivity index (χ3n) is 4.37. The lowest BCUT2D eigenvalue weighted by molar-refractivity contribution is -1.02. The van der Waals surface area contributed by atoms with Crippen molar-refractivity contribution in [3.05, 3.63) is 35.9 Å². The highest BCUT2D eigenvalue weighted by Gasteiger charge is 2.31. The lowest BCUT2D eigenvalue weighted by Crippen LogP contribution is -3.29. The van der Waals surface area contributed by atoms with Crippen LogP contribution < -0.4 is 20.4 Å². The van der Waals surface area contributed by atoms with E-state index in [0.717, 1.165) is 32.7 Å². The lowest BCUT2D eigenvalue weighted by Gasteiger charge is -2.32. The van der Waals surface area contributed by atoms with Crippen LogP contribution in [0.25, 0.3) is 0 Å². The van der Waals surface area contributed by atoms with Crippen LogP contribution in [0.15, 0.2) is 30.3 Å². The van der Waals surface area contributed by atoms with Gasteiger partial charge in [-0.2, -0.15) is 0 Å². The van der Waals surface area contributed by atoms with Crippen LogP contribution >= 0.6 is 0 Å². The number of piperazine rings is 1. The van der Waals surface area contributed by atoms with E-state index in [1.54, 1.807) is 4.90 Å². The van der Waals surface area contributed by atoms with E-state index in [2.05, 4.69) is 34.9 Å². The first-order chi connectivity index (χ1) is 10.6. The summed E-state index contributed by atoms with van der Waals surface area (Å²) in [5.41, 5.74) is 1.35. The van der Waals surface area contributed by atoms with E-state index < -0.39 is 6.03 Å². The Morgan fingerprint density at radius 1 is 1.14 bits per heavy atom. The Labute approximate surface area is 131 Å². The summed E-state index contributed by atoms with van der Waals surface area (Å²) in [6, 6.07) is 9.86. The van der Waals surface area contributed by atoms with Crippen molar-refractivity contribution in [2.75, 3.05) is 33.2 Å². The van der Waals surface area contributed by atoms with Gasteiger partial charge in [-0.3, -0.25) is 10.1 Å². The highest BCUT2D eigenvalue weighted by atomic mass is 16.2. The molecule has 1 aliphatic rings. The minimum Gasteiger partial charge on any atom is -0.341 e. The quantitative estimate of drug-likeness (QED) is 0.511. The van der Waals surface area contributed by atoms with Crippen molar-refractivity contribution in [1.29, 1.82) is 0 Å². The molecular formula is C16H26N4O2+2. The number of nitrogens with one attached hydrogen (secondary N) is 4. The number of urea groups is 1. The minimum atomic E-state index is -0.440. The number of carbonyl (C=O) groups is 2. The van der Waals surface area contributed by atoms with Crippen molar-refractivity contribution < 1.29 is 19.4 Å². The zero-order valence-electron chi connectivity index (χ0n) is 13.3. The summed E-state index contributed by atoms with van der Waals surface area (Å²) in [5, 5.41) is 4.76. The number of hydrogen-bond donors (Lipinski definition) is 4. The molecule has 1 saturated heterocycles. The van der Waals surface area contributed by atoms with Gasteiger partial charge in [0, 0.05) is 12.6 Å². The van der Waals surface area contributed by atoms with E-state index in [0.29, 0.717) is 0 Å². The summed E-state index contributed by atoms with van der Waals surface area (Å²) in [4.78, 5) is 26.0. The maximum atomic E-state index is 12.0. The van der Waals surface area contributed by atoms with Crippen molar-refractivity contribution in [3.8, 4) is 0 Å². The molecule has 22 heavy (non-hydrogen) atoms. The van der Waals surface area contributed by atoms with Crippen LogP contribution in [0.3, 0.4) is 0 Å². The predicted molar refractivity (Wildman–Crippen MR) is 83.6 cm³/mol. The summed E-state index contributed by atoms with van der Waals surface area (Å²) in [7, 11) is 1.51. The molecule has 1 aliphatic heterocycles. The van der Waals surface area contributed by atoms with Gasteiger partial charge in [-0.05, 0) is 6.92 Å². The lowest BCUT2D eigenvalue weighted by atomic mass is 10.1. The zero-order valence-corrected chi connectivity index (χ0v) is 13.3. The van der Waals surface area contributed by atoms with Crippen LogP contribution in [-0.4, -0.2) is 51.2 Å². The summed E-state index contributed by atoms with van der Waals surface area (Å²) in [6.07, 6.45) is 0. The molecule has 2 rings (SSSR count). The van der Waals surface area contributed by atoms with Crippen molar-refractivity contribution >= 4 is 11.9 Å². The Bertz CT molecular complexity index is 498. The SMILES string of the molecule is CNC(=O)NC(=O)[C@H](C)[NH+]1CC[NH+](Cc2ccccc2)CC1. The fourth-order valence-corrected chi connectivity index (χ4v) is 2.89. The second kappa shape index (κ2) is 7.91. The second-order valence-corrected chi connectivity index (χ2v) is 5.86. The third kappa shape index (κ3) is 4.54. The average molecular weight is 306 g/mol. The summed E-state index contributed by atoms with van der Waals surface area (Å²) >= 11 is 0. The van der Waals surface area contributed by atoms with Gasteiger partial charge in [-0.25, -0.2) is 4.79 Å². The molecule has 1 heterocycles. The molecule has 1 aromatic rings. The van der Waals surface area contributed by atoms with Gasteiger partial charge in [0.25, 0.3) is 5.91 Å². The van der Waals surface area contributed by atoms with Gasteiger partial charge in [0.1, 0.15) is 32.7 Å². The molecule has 1 fully saturated rings. The standard InChI is InChI=1S/C16H24N4O2/c1-13(15(21)18-16(22)17-2)20-10-8-19(9-11-20)12-14-6-4-3-5-7-14/h3-7,13H,8-12H2,1-2H3,(H2,17,18,21,22)/p+2/t13-/m0/s1. The molecule has 3 amide bonds. The zero-order chi connectivity index (χ0) is 15.9. The maximum Gasteiger partial charge on any atom is 0.321 e. The summed E-state index contributed by atoms with van der Waals surface area (Å²) < 4.78 is 0. The molecule has 6 heteroatoms. The number of quaternary nitrogens is 2. The fourth-order valence-electron chi connectivity index (χ4n) is 2.89. The van der Waals surface area contributed by atoms with Gasteiger partial charge in [0.15, 0.2) is 6.04 Å². The first-order valence-electron chi connectivity index (χ1n) is 7.84. The normalized spacial score (nSPS) is 22.6. The van der Waals surface area contributed by atoms with Crippen molar-refractivity contribution in [3.63, 3.8) is 0 Å². The van der Waals surface area contributed by atoms with Gasteiger partial charge < -0.3 is 15.1 Å². The number of hydrogen-bond acceptors (Lipinski definition) is 2. The Morgan fingerprint density at radius 3 is 2.36 bits per heavy atom. The number of benzene rings is 1. The van der Waals surface area contributed by atoms with Crippen molar-refractivity contribution in [1.82, 2.24) is 10.6 Å². The minimum absolute atomic E-state index is 0.199.